The highest BCUT2D eigenvalue weighted by Gasteiger charge is 2.39. The van der Waals surface area contributed by atoms with Gasteiger partial charge in [0, 0.05) is 5.56 Å². The number of nitrogens with one attached hydrogen (secondary N) is 1. The van der Waals surface area contributed by atoms with E-state index in [1.54, 1.807) is 22.8 Å². The van der Waals surface area contributed by atoms with Gasteiger partial charge in [-0.3, -0.25) is 4.79 Å². The van der Waals surface area contributed by atoms with Crippen molar-refractivity contribution in [3.63, 3.8) is 0 Å². The number of aliphatic hydroxyl groups excluding tert-OH is 2. The Kier molecular flexibility index (Phi) is 4.81. The molecule has 2 aliphatic rings. The summed E-state index contributed by atoms with van der Waals surface area (Å²) in [4.78, 5) is 24.7. The molecule has 4 atom stereocenters. The van der Waals surface area contributed by atoms with Crippen LogP contribution >= 0.6 is 0 Å². The van der Waals surface area contributed by atoms with E-state index in [1.165, 1.54) is 12.7 Å². The zero-order chi connectivity index (χ0) is 21.5. The second-order valence-electron chi connectivity index (χ2n) is 7.33. The van der Waals surface area contributed by atoms with E-state index >= 15 is 0 Å². The van der Waals surface area contributed by atoms with Crippen LogP contribution in [0.25, 0.3) is 11.2 Å². The van der Waals surface area contributed by atoms with Crippen LogP contribution in [0.3, 0.4) is 0 Å². The first-order chi connectivity index (χ1) is 15.0. The third kappa shape index (κ3) is 3.50. The maximum Gasteiger partial charge on any atom is 0.251 e. The van der Waals surface area contributed by atoms with Crippen molar-refractivity contribution in [2.75, 3.05) is 19.1 Å². The zero-order valence-electron chi connectivity index (χ0n) is 16.2. The second kappa shape index (κ2) is 7.65. The summed E-state index contributed by atoms with van der Waals surface area (Å²) >= 11 is 0. The van der Waals surface area contributed by atoms with Crippen molar-refractivity contribution >= 4 is 22.9 Å². The Bertz CT molecular complexity index is 1140. The lowest BCUT2D eigenvalue weighted by atomic mass is 9.97. The molecular weight excluding hydrogens is 408 g/mol. The van der Waals surface area contributed by atoms with Crippen molar-refractivity contribution in [3.05, 3.63) is 36.4 Å². The number of benzene rings is 1. The molecule has 0 bridgehead atoms. The summed E-state index contributed by atoms with van der Waals surface area (Å²) in [5.41, 5.74) is 7.19. The fraction of sp³-hybridized carbons (Fsp3) is 0.368. The summed E-state index contributed by atoms with van der Waals surface area (Å²) < 4.78 is 17.9. The molecule has 0 unspecified atom stereocenters. The average molecular weight is 428 g/mol. The van der Waals surface area contributed by atoms with Crippen molar-refractivity contribution < 1.29 is 29.2 Å². The predicted octanol–water partition coefficient (Wildman–Crippen LogP) is -0.944. The number of aromatic nitrogens is 4. The minimum absolute atomic E-state index is 0.0117. The first kappa shape index (κ1) is 19.5. The van der Waals surface area contributed by atoms with Crippen molar-refractivity contribution in [2.24, 2.45) is 0 Å². The van der Waals surface area contributed by atoms with Gasteiger partial charge < -0.3 is 40.0 Å². The van der Waals surface area contributed by atoms with Crippen LogP contribution in [-0.4, -0.2) is 73.4 Å². The molecule has 5 N–H and O–H groups in total. The monoisotopic (exact) mass is 428 g/mol. The number of hydrogen-bond donors (Lipinski definition) is 4. The number of ether oxygens (including phenoxy) is 3. The summed E-state index contributed by atoms with van der Waals surface area (Å²) in [5.74, 6) is 0.863. The summed E-state index contributed by atoms with van der Waals surface area (Å²) in [6.07, 6.45) is -0.394. The van der Waals surface area contributed by atoms with Gasteiger partial charge in [-0.05, 0) is 18.2 Å². The molecule has 0 radical (unpaired) electrons. The van der Waals surface area contributed by atoms with Crippen molar-refractivity contribution in [3.8, 4) is 11.5 Å². The van der Waals surface area contributed by atoms with Crippen molar-refractivity contribution in [2.45, 2.75) is 30.9 Å². The van der Waals surface area contributed by atoms with Crippen LogP contribution in [-0.2, 0) is 11.3 Å². The largest absolute Gasteiger partial charge is 0.454 e. The number of anilines is 1. The van der Waals surface area contributed by atoms with Gasteiger partial charge in [-0.1, -0.05) is 0 Å². The molecule has 0 spiro atoms. The molecule has 5 rings (SSSR count). The number of rotatable bonds is 4. The molecule has 2 aliphatic heterocycles. The Labute approximate surface area is 175 Å². The summed E-state index contributed by atoms with van der Waals surface area (Å²) in [6, 6.07) is 4.00. The predicted molar refractivity (Wildman–Crippen MR) is 105 cm³/mol. The van der Waals surface area contributed by atoms with E-state index in [4.69, 9.17) is 19.9 Å². The Morgan fingerprint density at radius 2 is 2.03 bits per heavy atom. The molecule has 12 nitrogen and oxygen atoms in total. The number of carbonyl (C=O) groups excluding carboxylic acids is 1. The number of amides is 1. The number of hydrogen-bond acceptors (Lipinski definition) is 10. The fourth-order valence-corrected chi connectivity index (χ4v) is 3.73. The Morgan fingerprint density at radius 1 is 1.19 bits per heavy atom. The molecule has 0 saturated carbocycles. The van der Waals surface area contributed by atoms with Crippen LogP contribution in [0.15, 0.2) is 30.9 Å². The van der Waals surface area contributed by atoms with Crippen molar-refractivity contribution in [1.29, 1.82) is 0 Å². The van der Waals surface area contributed by atoms with E-state index in [-0.39, 0.29) is 25.8 Å². The fourth-order valence-electron chi connectivity index (χ4n) is 3.73. The van der Waals surface area contributed by atoms with Crippen LogP contribution in [0.2, 0.25) is 0 Å². The molecule has 1 amide bonds. The third-order valence-corrected chi connectivity index (χ3v) is 5.40. The van der Waals surface area contributed by atoms with Crippen LogP contribution in [0.4, 0.5) is 5.82 Å². The van der Waals surface area contributed by atoms with Gasteiger partial charge in [-0.15, -0.1) is 0 Å². The molecule has 4 heterocycles. The molecule has 162 valence electrons. The van der Waals surface area contributed by atoms with E-state index < -0.39 is 30.3 Å². The van der Waals surface area contributed by atoms with Gasteiger partial charge in [0.1, 0.15) is 30.2 Å². The molecule has 2 aromatic heterocycles. The number of aliphatic hydroxyl groups is 2. The highest BCUT2D eigenvalue weighted by molar-refractivity contribution is 5.95. The van der Waals surface area contributed by atoms with Crippen LogP contribution in [0, 0.1) is 0 Å². The number of fused-ring (bicyclic) bond motifs is 2. The number of nitrogens with zero attached hydrogens (tertiary/aromatic N) is 4. The van der Waals surface area contributed by atoms with E-state index in [0.29, 0.717) is 28.2 Å². The topological polar surface area (TPSA) is 167 Å². The quantitative estimate of drug-likeness (QED) is 0.407. The molecule has 0 aliphatic carbocycles. The Morgan fingerprint density at radius 3 is 2.90 bits per heavy atom. The number of carbonyl (C=O) groups is 1. The van der Waals surface area contributed by atoms with Gasteiger partial charge in [0.05, 0.1) is 25.5 Å². The molecule has 1 saturated heterocycles. The molecule has 12 heteroatoms. The van der Waals surface area contributed by atoms with Gasteiger partial charge in [-0.2, -0.15) is 0 Å². The molecule has 3 aromatic rings. The highest BCUT2D eigenvalue weighted by atomic mass is 16.7. The summed E-state index contributed by atoms with van der Waals surface area (Å²) in [7, 11) is 0. The summed E-state index contributed by atoms with van der Waals surface area (Å²) in [6.45, 7) is 0.292. The van der Waals surface area contributed by atoms with E-state index in [2.05, 4.69) is 20.3 Å². The normalized spacial score (nSPS) is 25.0. The SMILES string of the molecule is Nc1ncnc2ncn(C[C@H]3OC[C@@H](NC(=O)c4ccc5c(c4)OCO5)[C@H](O)[C@@H]3O)c12. The van der Waals surface area contributed by atoms with E-state index in [1.807, 2.05) is 0 Å². The van der Waals surface area contributed by atoms with Crippen LogP contribution < -0.4 is 20.5 Å². The highest BCUT2D eigenvalue weighted by Crippen LogP contribution is 2.32. The van der Waals surface area contributed by atoms with Gasteiger partial charge in [0.2, 0.25) is 6.79 Å². The maximum atomic E-state index is 12.6. The average Bonchev–Trinajstić information content (AvgIpc) is 3.40. The lowest BCUT2D eigenvalue weighted by molar-refractivity contribution is -0.152. The maximum absolute atomic E-state index is 12.6. The van der Waals surface area contributed by atoms with Crippen LogP contribution in [0.5, 0.6) is 11.5 Å². The first-order valence-electron chi connectivity index (χ1n) is 9.61. The number of nitrogen functional groups attached to an aromatic ring is 1. The first-order valence-corrected chi connectivity index (χ1v) is 9.61. The lowest BCUT2D eigenvalue weighted by Crippen LogP contribution is -2.59. The molecule has 1 fully saturated rings. The zero-order valence-corrected chi connectivity index (χ0v) is 16.2. The number of imidazole rings is 1. The Balaban J connectivity index is 1.26. The lowest BCUT2D eigenvalue weighted by Gasteiger charge is -2.38. The Hall–Kier alpha value is -3.48. The molecular formula is C19H20N6O6. The molecule has 1 aromatic carbocycles. The third-order valence-electron chi connectivity index (χ3n) is 5.40. The minimum atomic E-state index is -1.25. The summed E-state index contributed by atoms with van der Waals surface area (Å²) in [5, 5.41) is 23.9. The van der Waals surface area contributed by atoms with E-state index in [0.717, 1.165) is 0 Å². The van der Waals surface area contributed by atoms with Gasteiger partial charge in [-0.25, -0.2) is 15.0 Å². The minimum Gasteiger partial charge on any atom is -0.454 e. The van der Waals surface area contributed by atoms with Crippen molar-refractivity contribution in [1.82, 2.24) is 24.8 Å². The van der Waals surface area contributed by atoms with Gasteiger partial charge in [0.15, 0.2) is 23.0 Å². The van der Waals surface area contributed by atoms with Crippen LogP contribution in [0.1, 0.15) is 10.4 Å². The molecule has 31 heavy (non-hydrogen) atoms. The standard InChI is InChI=1S/C19H20N6O6/c20-17-14-18(22-6-21-17)23-7-25(14)4-13-16(27)15(26)10(5-29-13)24-19(28)9-1-2-11-12(3-9)31-8-30-11/h1-3,6-7,10,13,15-16,26-27H,4-5,8H2,(H,24,28)(H2,20,21,22)/t10-,13-,15+,16-/m1/s1. The second-order valence-corrected chi connectivity index (χ2v) is 7.33. The van der Waals surface area contributed by atoms with Gasteiger partial charge >= 0.3 is 0 Å². The number of nitrogens with two attached hydrogens (primary N) is 1. The smallest absolute Gasteiger partial charge is 0.251 e. The van der Waals surface area contributed by atoms with Gasteiger partial charge in [0.25, 0.3) is 5.91 Å². The van der Waals surface area contributed by atoms with E-state index in [9.17, 15) is 15.0 Å².